The van der Waals surface area contributed by atoms with E-state index in [9.17, 15) is 9.59 Å². The monoisotopic (exact) mass is 303 g/mol. The summed E-state index contributed by atoms with van der Waals surface area (Å²) in [5, 5.41) is 2.52. The fraction of sp³-hybridized carbons (Fsp3) is 0.778. The average Bonchev–Trinajstić information content (AvgIpc) is 2.43. The Morgan fingerprint density at radius 2 is 2.06 bits per heavy atom. The number of hydrogen-bond acceptors (Lipinski definition) is 4. The predicted molar refractivity (Wildman–Crippen MR) is 62.9 cm³/mol. The molecule has 0 radical (unpaired) electrons. The third kappa shape index (κ3) is 4.50. The molecule has 0 aromatic rings. The van der Waals surface area contributed by atoms with Gasteiger partial charge in [0.2, 0.25) is 5.91 Å². The summed E-state index contributed by atoms with van der Waals surface area (Å²) in [7, 11) is 0. The van der Waals surface area contributed by atoms with Crippen molar-refractivity contribution in [2.75, 3.05) is 0 Å². The third-order valence-corrected chi connectivity index (χ3v) is 2.40. The van der Waals surface area contributed by atoms with Gasteiger partial charge in [-0.05, 0) is 13.8 Å². The van der Waals surface area contributed by atoms with E-state index in [1.807, 2.05) is 0 Å². The highest BCUT2D eigenvalue weighted by atomic mass is 35.6. The van der Waals surface area contributed by atoms with Crippen LogP contribution in [-0.2, 0) is 19.1 Å². The van der Waals surface area contributed by atoms with Gasteiger partial charge in [0.05, 0.1) is 12.5 Å². The normalized spacial score (nSPS) is 24.9. The lowest BCUT2D eigenvalue weighted by atomic mass is 10.3. The summed E-state index contributed by atoms with van der Waals surface area (Å²) in [5.74, 6) is -1.31. The molecule has 2 atom stereocenters. The van der Waals surface area contributed by atoms with Gasteiger partial charge in [-0.2, -0.15) is 0 Å². The smallest absolute Gasteiger partial charge is 0.359 e. The first kappa shape index (κ1) is 14.8. The quantitative estimate of drug-likeness (QED) is 0.634. The Balaban J connectivity index is 2.62. The SMILES string of the molecule is CC(C)O[C@H]1NC(=O)C[C@@H]1OC(=O)C(Cl)(Cl)Cl. The number of amides is 1. The summed E-state index contributed by atoms with van der Waals surface area (Å²) >= 11 is 16.1. The number of alkyl halides is 3. The van der Waals surface area contributed by atoms with Crippen LogP contribution in [0.2, 0.25) is 0 Å². The number of ether oxygens (including phenoxy) is 2. The van der Waals surface area contributed by atoms with Gasteiger partial charge in [-0.25, -0.2) is 4.79 Å². The van der Waals surface area contributed by atoms with Crippen molar-refractivity contribution in [2.24, 2.45) is 0 Å². The molecule has 0 bridgehead atoms. The highest BCUT2D eigenvalue weighted by Gasteiger charge is 2.41. The minimum atomic E-state index is -2.16. The maximum Gasteiger partial charge on any atom is 0.359 e. The van der Waals surface area contributed by atoms with Crippen LogP contribution in [0, 0.1) is 0 Å². The molecule has 1 aliphatic rings. The Labute approximate surface area is 114 Å². The molecule has 0 aromatic carbocycles. The van der Waals surface area contributed by atoms with Crippen LogP contribution in [0.5, 0.6) is 0 Å². The van der Waals surface area contributed by atoms with Gasteiger partial charge in [0.1, 0.15) is 0 Å². The number of esters is 1. The minimum Gasteiger partial charge on any atom is -0.454 e. The topological polar surface area (TPSA) is 64.6 Å². The van der Waals surface area contributed by atoms with Crippen LogP contribution in [0.15, 0.2) is 0 Å². The number of carbonyl (C=O) groups is 2. The summed E-state index contributed by atoms with van der Waals surface area (Å²) in [6.45, 7) is 3.58. The molecule has 0 aliphatic carbocycles. The molecule has 0 saturated carbocycles. The van der Waals surface area contributed by atoms with Crippen molar-refractivity contribution in [3.8, 4) is 0 Å². The maximum absolute atomic E-state index is 11.3. The highest BCUT2D eigenvalue weighted by Crippen LogP contribution is 2.29. The van der Waals surface area contributed by atoms with E-state index in [1.54, 1.807) is 13.8 Å². The first-order chi connectivity index (χ1) is 7.70. The standard InChI is InChI=1S/C9H12Cl3NO4/c1-4(2)16-7-5(3-6(14)13-7)17-8(15)9(10,11)12/h4-5,7H,3H2,1-2H3,(H,13,14)/t5-,7+/m0/s1. The molecular formula is C9H12Cl3NO4. The molecular weight excluding hydrogens is 292 g/mol. The fourth-order valence-corrected chi connectivity index (χ4v) is 1.46. The molecule has 1 amide bonds. The number of carbonyl (C=O) groups excluding carboxylic acids is 2. The molecule has 5 nitrogen and oxygen atoms in total. The van der Waals surface area contributed by atoms with Gasteiger partial charge in [0.15, 0.2) is 12.3 Å². The summed E-state index contributed by atoms with van der Waals surface area (Å²) < 4.78 is 8.13. The number of rotatable bonds is 3. The maximum atomic E-state index is 11.3. The number of nitrogens with one attached hydrogen (secondary N) is 1. The second kappa shape index (κ2) is 5.61. The molecule has 0 spiro atoms. The number of hydrogen-bond donors (Lipinski definition) is 1. The zero-order valence-corrected chi connectivity index (χ0v) is 11.5. The van der Waals surface area contributed by atoms with Gasteiger partial charge in [0, 0.05) is 0 Å². The average molecular weight is 305 g/mol. The van der Waals surface area contributed by atoms with Crippen LogP contribution in [0.3, 0.4) is 0 Å². The second-order valence-electron chi connectivity index (χ2n) is 3.82. The zero-order chi connectivity index (χ0) is 13.2. The highest BCUT2D eigenvalue weighted by molar-refractivity contribution is 6.75. The van der Waals surface area contributed by atoms with Gasteiger partial charge >= 0.3 is 5.97 Å². The van der Waals surface area contributed by atoms with E-state index in [0.29, 0.717) is 0 Å². The molecule has 0 aromatic heterocycles. The van der Waals surface area contributed by atoms with E-state index in [0.717, 1.165) is 0 Å². The van der Waals surface area contributed by atoms with E-state index < -0.39 is 22.1 Å². The van der Waals surface area contributed by atoms with Crippen LogP contribution in [0.4, 0.5) is 0 Å². The van der Waals surface area contributed by atoms with Crippen LogP contribution >= 0.6 is 34.8 Å². The minimum absolute atomic E-state index is 0.0100. The van der Waals surface area contributed by atoms with E-state index in [1.165, 1.54) is 0 Å². The molecule has 1 saturated heterocycles. The Morgan fingerprint density at radius 1 is 1.47 bits per heavy atom. The van der Waals surface area contributed by atoms with Crippen molar-refractivity contribution in [1.29, 1.82) is 0 Å². The number of halogens is 3. The zero-order valence-electron chi connectivity index (χ0n) is 9.21. The lowest BCUT2D eigenvalue weighted by Gasteiger charge is -2.22. The van der Waals surface area contributed by atoms with Gasteiger partial charge < -0.3 is 14.8 Å². The summed E-state index contributed by atoms with van der Waals surface area (Å²) in [6, 6.07) is 0. The van der Waals surface area contributed by atoms with Crippen molar-refractivity contribution < 1.29 is 19.1 Å². The lowest BCUT2D eigenvalue weighted by molar-refractivity contribution is -0.157. The first-order valence-corrected chi connectivity index (χ1v) is 6.06. The molecule has 1 rings (SSSR count). The van der Waals surface area contributed by atoms with E-state index in [2.05, 4.69) is 5.32 Å². The van der Waals surface area contributed by atoms with Crippen molar-refractivity contribution in [1.82, 2.24) is 5.32 Å². The van der Waals surface area contributed by atoms with Crippen molar-refractivity contribution in [3.05, 3.63) is 0 Å². The Morgan fingerprint density at radius 3 is 2.53 bits per heavy atom. The molecule has 1 N–H and O–H groups in total. The van der Waals surface area contributed by atoms with Crippen molar-refractivity contribution >= 4 is 46.7 Å². The van der Waals surface area contributed by atoms with Gasteiger partial charge in [0.25, 0.3) is 3.79 Å². The molecule has 1 aliphatic heterocycles. The summed E-state index contributed by atoms with van der Waals surface area (Å²) in [5.41, 5.74) is 0. The van der Waals surface area contributed by atoms with E-state index in [-0.39, 0.29) is 18.4 Å². The van der Waals surface area contributed by atoms with Gasteiger partial charge in [-0.15, -0.1) is 0 Å². The van der Waals surface area contributed by atoms with Crippen LogP contribution in [0.1, 0.15) is 20.3 Å². The summed E-state index contributed by atoms with van der Waals surface area (Å²) in [4.78, 5) is 22.5. The van der Waals surface area contributed by atoms with Crippen LogP contribution < -0.4 is 5.32 Å². The van der Waals surface area contributed by atoms with E-state index >= 15 is 0 Å². The molecule has 0 unspecified atom stereocenters. The van der Waals surface area contributed by atoms with Gasteiger partial charge in [-0.1, -0.05) is 34.8 Å². The van der Waals surface area contributed by atoms with Crippen molar-refractivity contribution in [2.45, 2.75) is 42.5 Å². The molecule has 17 heavy (non-hydrogen) atoms. The molecule has 8 heteroatoms. The molecule has 98 valence electrons. The molecule has 1 heterocycles. The third-order valence-electron chi connectivity index (χ3n) is 1.94. The Kier molecular flexibility index (Phi) is 4.89. The fourth-order valence-electron chi connectivity index (χ4n) is 1.32. The second-order valence-corrected chi connectivity index (χ2v) is 6.10. The Hall–Kier alpha value is -0.230. The largest absolute Gasteiger partial charge is 0.454 e. The predicted octanol–water partition coefficient (Wildman–Crippen LogP) is 1.54. The van der Waals surface area contributed by atoms with Crippen molar-refractivity contribution in [3.63, 3.8) is 0 Å². The Bertz CT molecular complexity index is 316. The molecule has 1 fully saturated rings. The van der Waals surface area contributed by atoms with Gasteiger partial charge in [-0.3, -0.25) is 4.79 Å². The lowest BCUT2D eigenvalue weighted by Crippen LogP contribution is -2.40. The van der Waals surface area contributed by atoms with E-state index in [4.69, 9.17) is 44.3 Å². The summed E-state index contributed by atoms with van der Waals surface area (Å²) in [6.07, 6.45) is -1.64. The first-order valence-electron chi connectivity index (χ1n) is 4.92. The van der Waals surface area contributed by atoms with Crippen LogP contribution in [-0.4, -0.2) is 34.1 Å². The van der Waals surface area contributed by atoms with Crippen LogP contribution in [0.25, 0.3) is 0 Å².